The van der Waals surface area contributed by atoms with Crippen LogP contribution in [0.3, 0.4) is 0 Å². The van der Waals surface area contributed by atoms with Crippen LogP contribution in [0.5, 0.6) is 5.75 Å². The van der Waals surface area contributed by atoms with Crippen LogP contribution in [0, 0.1) is 0 Å². The van der Waals surface area contributed by atoms with E-state index in [2.05, 4.69) is 10.1 Å². The summed E-state index contributed by atoms with van der Waals surface area (Å²) in [5.74, 6) is 0.305. The Morgan fingerprint density at radius 1 is 1.29 bits per heavy atom. The molecule has 21 heavy (non-hydrogen) atoms. The number of carbonyl (C=O) groups excluding carboxylic acids is 2. The van der Waals surface area contributed by atoms with Gasteiger partial charge < -0.3 is 20.5 Å². The monoisotopic (exact) mass is 294 g/mol. The van der Waals surface area contributed by atoms with Crippen LogP contribution < -0.4 is 15.8 Å². The molecule has 1 atom stereocenters. The smallest absolute Gasteiger partial charge is 0.305 e. The molecule has 116 valence electrons. The quantitative estimate of drug-likeness (QED) is 0.551. The molecule has 0 unspecified atom stereocenters. The number of esters is 1. The molecule has 0 fully saturated rings. The molecule has 1 rings (SSSR count). The zero-order valence-electron chi connectivity index (χ0n) is 12.4. The zero-order chi connectivity index (χ0) is 15.7. The third kappa shape index (κ3) is 6.76. The van der Waals surface area contributed by atoms with E-state index in [1.807, 2.05) is 24.3 Å². The Morgan fingerprint density at radius 3 is 2.52 bits per heavy atom. The second-order valence-electron chi connectivity index (χ2n) is 4.68. The van der Waals surface area contributed by atoms with Gasteiger partial charge in [0.1, 0.15) is 5.75 Å². The van der Waals surface area contributed by atoms with Crippen LogP contribution in [0.2, 0.25) is 0 Å². The number of benzene rings is 1. The molecule has 0 aliphatic rings. The van der Waals surface area contributed by atoms with Gasteiger partial charge in [0.25, 0.3) is 0 Å². The van der Waals surface area contributed by atoms with Gasteiger partial charge in [-0.2, -0.15) is 0 Å². The lowest BCUT2D eigenvalue weighted by atomic mass is 10.2. The maximum atomic E-state index is 11.3. The van der Waals surface area contributed by atoms with Crippen molar-refractivity contribution >= 4 is 11.9 Å². The van der Waals surface area contributed by atoms with Gasteiger partial charge in [0.05, 0.1) is 19.8 Å². The van der Waals surface area contributed by atoms with E-state index in [-0.39, 0.29) is 11.9 Å². The number of hydrogen-bond donors (Lipinski definition) is 2. The molecule has 0 aromatic heterocycles. The van der Waals surface area contributed by atoms with Crippen LogP contribution in [0.4, 0.5) is 0 Å². The number of nitrogens with one attached hydrogen (secondary N) is 1. The molecule has 0 aliphatic carbocycles. The van der Waals surface area contributed by atoms with Crippen LogP contribution in [-0.4, -0.2) is 31.6 Å². The molecular formula is C15H22N2O4. The minimum Gasteiger partial charge on any atom is -0.494 e. The molecule has 0 bridgehead atoms. The SMILES string of the molecule is COC(=O)CCCOc1ccc(CNC(=O)[C@H](C)N)cc1. The molecule has 0 radical (unpaired) electrons. The normalized spacial score (nSPS) is 11.6. The van der Waals surface area contributed by atoms with Gasteiger partial charge in [-0.05, 0) is 31.0 Å². The Morgan fingerprint density at radius 2 is 1.95 bits per heavy atom. The lowest BCUT2D eigenvalue weighted by molar-refractivity contribution is -0.140. The van der Waals surface area contributed by atoms with Crippen molar-refractivity contribution in [3.63, 3.8) is 0 Å². The number of amides is 1. The van der Waals surface area contributed by atoms with Crippen molar-refractivity contribution in [2.75, 3.05) is 13.7 Å². The van der Waals surface area contributed by atoms with Gasteiger partial charge in [0, 0.05) is 13.0 Å². The lowest BCUT2D eigenvalue weighted by Gasteiger charge is -2.09. The van der Waals surface area contributed by atoms with Gasteiger partial charge in [-0.1, -0.05) is 12.1 Å². The Labute approximate surface area is 124 Å². The van der Waals surface area contributed by atoms with Crippen LogP contribution >= 0.6 is 0 Å². The van der Waals surface area contributed by atoms with E-state index in [1.165, 1.54) is 7.11 Å². The fourth-order valence-electron chi connectivity index (χ4n) is 1.56. The third-order valence-corrected chi connectivity index (χ3v) is 2.83. The van der Waals surface area contributed by atoms with E-state index < -0.39 is 6.04 Å². The molecule has 3 N–H and O–H groups in total. The van der Waals surface area contributed by atoms with E-state index in [0.717, 1.165) is 11.3 Å². The second-order valence-corrected chi connectivity index (χ2v) is 4.68. The predicted molar refractivity (Wildman–Crippen MR) is 78.7 cm³/mol. The van der Waals surface area contributed by atoms with Crippen molar-refractivity contribution in [3.8, 4) is 5.75 Å². The summed E-state index contributed by atoms with van der Waals surface area (Å²) in [5.41, 5.74) is 6.42. The van der Waals surface area contributed by atoms with Crippen molar-refractivity contribution in [2.45, 2.75) is 32.4 Å². The summed E-state index contributed by atoms with van der Waals surface area (Å²) in [6.45, 7) is 2.53. The molecule has 1 aromatic rings. The molecule has 1 amide bonds. The number of carbonyl (C=O) groups is 2. The fraction of sp³-hybridized carbons (Fsp3) is 0.467. The summed E-state index contributed by atoms with van der Waals surface area (Å²) in [7, 11) is 1.37. The minimum atomic E-state index is -0.512. The number of ether oxygens (including phenoxy) is 2. The molecule has 0 saturated carbocycles. The van der Waals surface area contributed by atoms with E-state index in [4.69, 9.17) is 10.5 Å². The van der Waals surface area contributed by atoms with Gasteiger partial charge in [-0.25, -0.2) is 0 Å². The summed E-state index contributed by atoms with van der Waals surface area (Å²) in [6.07, 6.45) is 0.955. The Kier molecular flexibility index (Phi) is 7.25. The van der Waals surface area contributed by atoms with Gasteiger partial charge in [0.2, 0.25) is 5.91 Å². The summed E-state index contributed by atoms with van der Waals surface area (Å²) in [5, 5.41) is 2.73. The van der Waals surface area contributed by atoms with E-state index >= 15 is 0 Å². The standard InChI is InChI=1S/C15H22N2O4/c1-11(16)15(19)17-10-12-5-7-13(8-6-12)21-9-3-4-14(18)20-2/h5-8,11H,3-4,9-10,16H2,1-2H3,(H,17,19)/t11-/m0/s1. The van der Waals surface area contributed by atoms with Gasteiger partial charge in [-0.15, -0.1) is 0 Å². The fourth-order valence-corrected chi connectivity index (χ4v) is 1.56. The predicted octanol–water partition coefficient (Wildman–Crippen LogP) is 0.982. The van der Waals surface area contributed by atoms with Gasteiger partial charge in [-0.3, -0.25) is 9.59 Å². The molecule has 6 nitrogen and oxygen atoms in total. The van der Waals surface area contributed by atoms with Crippen molar-refractivity contribution in [1.29, 1.82) is 0 Å². The van der Waals surface area contributed by atoms with Crippen molar-refractivity contribution in [3.05, 3.63) is 29.8 Å². The molecule has 0 heterocycles. The number of hydrogen-bond acceptors (Lipinski definition) is 5. The molecule has 6 heteroatoms. The average Bonchev–Trinajstić information content (AvgIpc) is 2.49. The molecule has 0 aliphatic heterocycles. The number of rotatable bonds is 8. The maximum absolute atomic E-state index is 11.3. The van der Waals surface area contributed by atoms with Crippen LogP contribution in [0.25, 0.3) is 0 Å². The van der Waals surface area contributed by atoms with E-state index in [1.54, 1.807) is 6.92 Å². The van der Waals surface area contributed by atoms with Crippen molar-refractivity contribution < 1.29 is 19.1 Å². The lowest BCUT2D eigenvalue weighted by Crippen LogP contribution is -2.37. The first kappa shape index (κ1) is 17.0. The second kappa shape index (κ2) is 8.97. The highest BCUT2D eigenvalue weighted by Gasteiger charge is 2.06. The third-order valence-electron chi connectivity index (χ3n) is 2.83. The summed E-state index contributed by atoms with van der Waals surface area (Å²) in [6, 6.07) is 6.88. The minimum absolute atomic E-state index is 0.182. The molecular weight excluding hydrogens is 272 g/mol. The first-order chi connectivity index (χ1) is 10.0. The highest BCUT2D eigenvalue weighted by atomic mass is 16.5. The molecule has 0 saturated heterocycles. The van der Waals surface area contributed by atoms with Crippen LogP contribution in [0.15, 0.2) is 24.3 Å². The Hall–Kier alpha value is -2.08. The highest BCUT2D eigenvalue weighted by Crippen LogP contribution is 2.12. The summed E-state index contributed by atoms with van der Waals surface area (Å²) in [4.78, 5) is 22.3. The Balaban J connectivity index is 2.30. The van der Waals surface area contributed by atoms with Gasteiger partial charge in [0.15, 0.2) is 0 Å². The maximum Gasteiger partial charge on any atom is 0.305 e. The first-order valence-corrected chi connectivity index (χ1v) is 6.84. The van der Waals surface area contributed by atoms with Crippen LogP contribution in [0.1, 0.15) is 25.3 Å². The highest BCUT2D eigenvalue weighted by molar-refractivity contribution is 5.80. The molecule has 1 aromatic carbocycles. The van der Waals surface area contributed by atoms with Crippen molar-refractivity contribution in [1.82, 2.24) is 5.32 Å². The van der Waals surface area contributed by atoms with Crippen LogP contribution in [-0.2, 0) is 20.9 Å². The average molecular weight is 294 g/mol. The topological polar surface area (TPSA) is 90.6 Å². The van der Waals surface area contributed by atoms with Gasteiger partial charge >= 0.3 is 5.97 Å². The molecule has 0 spiro atoms. The number of nitrogens with two attached hydrogens (primary N) is 1. The van der Waals surface area contributed by atoms with E-state index in [0.29, 0.717) is 26.0 Å². The van der Waals surface area contributed by atoms with Crippen molar-refractivity contribution in [2.24, 2.45) is 5.73 Å². The van der Waals surface area contributed by atoms with E-state index in [9.17, 15) is 9.59 Å². The largest absolute Gasteiger partial charge is 0.494 e. The summed E-state index contributed by atoms with van der Waals surface area (Å²) < 4.78 is 10.0. The first-order valence-electron chi connectivity index (χ1n) is 6.84. The Bertz CT molecular complexity index is 457. The zero-order valence-corrected chi connectivity index (χ0v) is 12.4. The summed E-state index contributed by atoms with van der Waals surface area (Å²) >= 11 is 0. The number of methoxy groups -OCH3 is 1.